The van der Waals surface area contributed by atoms with Gasteiger partial charge in [0.1, 0.15) is 0 Å². The van der Waals surface area contributed by atoms with Crippen LogP contribution in [0.4, 0.5) is 0 Å². The van der Waals surface area contributed by atoms with Gasteiger partial charge in [-0.15, -0.1) is 0 Å². The van der Waals surface area contributed by atoms with Gasteiger partial charge < -0.3 is 10.5 Å². The highest BCUT2D eigenvalue weighted by Crippen LogP contribution is 2.51. The van der Waals surface area contributed by atoms with Crippen molar-refractivity contribution in [3.05, 3.63) is 0 Å². The van der Waals surface area contributed by atoms with Crippen molar-refractivity contribution >= 4 is 11.8 Å². The van der Waals surface area contributed by atoms with E-state index < -0.39 is 0 Å². The molecule has 4 aliphatic rings. The van der Waals surface area contributed by atoms with Crippen LogP contribution in [0.2, 0.25) is 0 Å². The highest BCUT2D eigenvalue weighted by molar-refractivity contribution is 7.99. The summed E-state index contributed by atoms with van der Waals surface area (Å²) in [5.41, 5.74) is 7.35. The summed E-state index contributed by atoms with van der Waals surface area (Å²) in [6.07, 6.45) is 13.4. The maximum Gasteiger partial charge on any atom is 0.0701 e. The quantitative estimate of drug-likeness (QED) is 0.838. The van der Waals surface area contributed by atoms with Crippen LogP contribution < -0.4 is 5.73 Å². The van der Waals surface area contributed by atoms with E-state index in [0.29, 0.717) is 0 Å². The van der Waals surface area contributed by atoms with Crippen LogP contribution in [0.5, 0.6) is 0 Å². The van der Waals surface area contributed by atoms with Crippen LogP contribution in [-0.2, 0) is 4.74 Å². The van der Waals surface area contributed by atoms with Crippen LogP contribution in [0.1, 0.15) is 64.2 Å². The lowest BCUT2D eigenvalue weighted by Crippen LogP contribution is -2.56. The Hall–Kier alpha value is 0.270. The second-order valence-electron chi connectivity index (χ2n) is 8.26. The van der Waals surface area contributed by atoms with Crippen molar-refractivity contribution in [1.82, 2.24) is 0 Å². The summed E-state index contributed by atoms with van der Waals surface area (Å²) in [6.45, 7) is 0.961. The van der Waals surface area contributed by atoms with Gasteiger partial charge in [-0.05, 0) is 80.6 Å². The van der Waals surface area contributed by atoms with E-state index in [0.717, 1.165) is 24.4 Å². The monoisotopic (exact) mass is 309 g/mol. The van der Waals surface area contributed by atoms with Crippen LogP contribution in [0, 0.1) is 17.8 Å². The van der Waals surface area contributed by atoms with Crippen LogP contribution >= 0.6 is 11.8 Å². The van der Waals surface area contributed by atoms with Crippen LogP contribution in [0.25, 0.3) is 0 Å². The van der Waals surface area contributed by atoms with Crippen molar-refractivity contribution in [1.29, 1.82) is 0 Å². The van der Waals surface area contributed by atoms with Gasteiger partial charge in [0, 0.05) is 12.1 Å². The number of ether oxygens (including phenoxy) is 1. The van der Waals surface area contributed by atoms with Crippen LogP contribution in [-0.4, -0.2) is 29.3 Å². The number of hydrogen-bond acceptors (Lipinski definition) is 3. The van der Waals surface area contributed by atoms with E-state index in [1.54, 1.807) is 0 Å². The summed E-state index contributed by atoms with van der Waals surface area (Å²) in [5, 5.41) is 0. The molecule has 2 saturated carbocycles. The van der Waals surface area contributed by atoms with Gasteiger partial charge in [0.25, 0.3) is 0 Å². The Kier molecular flexibility index (Phi) is 4.04. The minimum Gasteiger partial charge on any atom is -0.375 e. The molecule has 1 spiro atoms. The molecule has 2 nitrogen and oxygen atoms in total. The van der Waals surface area contributed by atoms with Gasteiger partial charge in [0.15, 0.2) is 0 Å². The fourth-order valence-electron chi connectivity index (χ4n) is 5.34. The lowest BCUT2D eigenvalue weighted by molar-refractivity contribution is -0.118. The second kappa shape index (κ2) is 5.72. The smallest absolute Gasteiger partial charge is 0.0701 e. The molecular formula is C18H31NOS. The predicted molar refractivity (Wildman–Crippen MR) is 89.6 cm³/mol. The highest BCUT2D eigenvalue weighted by atomic mass is 32.2. The molecule has 0 amide bonds. The molecule has 2 aliphatic carbocycles. The molecule has 21 heavy (non-hydrogen) atoms. The maximum absolute atomic E-state index is 7.02. The van der Waals surface area contributed by atoms with Crippen molar-refractivity contribution in [3.8, 4) is 0 Å². The first-order valence-electron chi connectivity index (χ1n) is 9.20. The zero-order chi connectivity index (χ0) is 14.3. The second-order valence-corrected chi connectivity index (χ2v) is 9.49. The zero-order valence-corrected chi connectivity index (χ0v) is 14.1. The van der Waals surface area contributed by atoms with Crippen LogP contribution in [0.15, 0.2) is 0 Å². The number of hydrogen-bond donors (Lipinski definition) is 1. The van der Waals surface area contributed by atoms with Crippen molar-refractivity contribution in [2.24, 2.45) is 23.5 Å². The van der Waals surface area contributed by atoms with E-state index in [-0.39, 0.29) is 11.1 Å². The molecule has 3 heteroatoms. The van der Waals surface area contributed by atoms with Gasteiger partial charge >= 0.3 is 0 Å². The van der Waals surface area contributed by atoms with Gasteiger partial charge in [0.2, 0.25) is 0 Å². The SMILES string of the molecule is NC1(C2CCOC3(CCSCC3)C2)CCCC(C2CC2)C1. The normalized spacial score (nSPS) is 43.9. The molecule has 0 aromatic heterocycles. The van der Waals surface area contributed by atoms with Crippen molar-refractivity contribution in [2.75, 3.05) is 18.1 Å². The van der Waals surface area contributed by atoms with E-state index in [2.05, 4.69) is 11.8 Å². The Morgan fingerprint density at radius 2 is 1.71 bits per heavy atom. The Morgan fingerprint density at radius 3 is 2.48 bits per heavy atom. The first-order chi connectivity index (χ1) is 10.2. The van der Waals surface area contributed by atoms with Gasteiger partial charge in [-0.2, -0.15) is 11.8 Å². The summed E-state index contributed by atoms with van der Waals surface area (Å²) in [5.74, 6) is 5.28. The van der Waals surface area contributed by atoms with E-state index in [1.165, 1.54) is 75.7 Å². The molecule has 0 radical (unpaired) electrons. The fourth-order valence-corrected chi connectivity index (χ4v) is 6.57. The maximum atomic E-state index is 7.02. The largest absolute Gasteiger partial charge is 0.375 e. The number of thioether (sulfide) groups is 1. The molecule has 0 bridgehead atoms. The molecule has 0 aromatic rings. The summed E-state index contributed by atoms with van der Waals surface area (Å²) in [7, 11) is 0. The molecule has 3 unspecified atom stereocenters. The predicted octanol–water partition coefficient (Wildman–Crippen LogP) is 3.98. The topological polar surface area (TPSA) is 35.2 Å². The van der Waals surface area contributed by atoms with Crippen molar-refractivity contribution < 1.29 is 4.74 Å². The Bertz CT molecular complexity index is 372. The van der Waals surface area contributed by atoms with Gasteiger partial charge in [0.05, 0.1) is 5.60 Å². The molecule has 4 fully saturated rings. The molecule has 4 rings (SSSR count). The van der Waals surface area contributed by atoms with Crippen molar-refractivity contribution in [2.45, 2.75) is 75.3 Å². The van der Waals surface area contributed by atoms with Gasteiger partial charge in [-0.1, -0.05) is 12.8 Å². The minimum atomic E-state index is 0.132. The summed E-state index contributed by atoms with van der Waals surface area (Å²) < 4.78 is 6.29. The summed E-state index contributed by atoms with van der Waals surface area (Å²) >= 11 is 2.10. The van der Waals surface area contributed by atoms with Crippen molar-refractivity contribution in [3.63, 3.8) is 0 Å². The van der Waals surface area contributed by atoms with Gasteiger partial charge in [-0.25, -0.2) is 0 Å². The first kappa shape index (κ1) is 14.8. The van der Waals surface area contributed by atoms with E-state index in [4.69, 9.17) is 10.5 Å². The Labute approximate surface area is 133 Å². The molecular weight excluding hydrogens is 278 g/mol. The van der Waals surface area contributed by atoms with E-state index >= 15 is 0 Å². The summed E-state index contributed by atoms with van der Waals surface area (Å²) in [6, 6.07) is 0. The average molecular weight is 310 g/mol. The number of rotatable bonds is 2. The standard InChI is InChI=1S/C18H31NOS/c19-18(6-1-2-15(12-18)14-3-4-14)16-5-9-20-17(13-16)7-10-21-11-8-17/h14-16H,1-13,19H2. The molecule has 120 valence electrons. The fraction of sp³-hybridized carbons (Fsp3) is 1.00. The molecule has 2 saturated heterocycles. The molecule has 0 aromatic carbocycles. The average Bonchev–Trinajstić information content (AvgIpc) is 3.33. The molecule has 3 atom stereocenters. The van der Waals surface area contributed by atoms with Crippen LogP contribution in [0.3, 0.4) is 0 Å². The number of nitrogens with two attached hydrogens (primary N) is 1. The highest BCUT2D eigenvalue weighted by Gasteiger charge is 2.48. The zero-order valence-electron chi connectivity index (χ0n) is 13.3. The van der Waals surface area contributed by atoms with E-state index in [1.807, 2.05) is 0 Å². The minimum absolute atomic E-state index is 0.132. The lowest BCUT2D eigenvalue weighted by atomic mass is 9.63. The Morgan fingerprint density at radius 1 is 0.905 bits per heavy atom. The lowest BCUT2D eigenvalue weighted by Gasteiger charge is -2.51. The Balaban J connectivity index is 1.46. The van der Waals surface area contributed by atoms with E-state index in [9.17, 15) is 0 Å². The molecule has 2 N–H and O–H groups in total. The van der Waals surface area contributed by atoms with Gasteiger partial charge in [-0.3, -0.25) is 0 Å². The third kappa shape index (κ3) is 3.03. The molecule has 2 heterocycles. The first-order valence-corrected chi connectivity index (χ1v) is 10.4. The summed E-state index contributed by atoms with van der Waals surface area (Å²) in [4.78, 5) is 0. The third-order valence-electron chi connectivity index (χ3n) is 6.86. The molecule has 2 aliphatic heterocycles. The third-order valence-corrected chi connectivity index (χ3v) is 7.84.